The Kier molecular flexibility index (Phi) is 4.97. The largest absolute Gasteiger partial charge is 0.481 e. The van der Waals surface area contributed by atoms with Crippen LogP contribution >= 0.6 is 11.8 Å². The molecule has 1 atom stereocenters. The molecule has 1 unspecified atom stereocenters. The van der Waals surface area contributed by atoms with Crippen LogP contribution in [-0.2, 0) is 9.53 Å². The van der Waals surface area contributed by atoms with Crippen molar-refractivity contribution in [3.05, 3.63) is 59.7 Å². The lowest BCUT2D eigenvalue weighted by atomic mass is 9.80. The van der Waals surface area contributed by atoms with E-state index in [1.807, 2.05) is 36.0 Å². The van der Waals surface area contributed by atoms with Crippen molar-refractivity contribution < 1.29 is 19.4 Å². The standard InChI is InChI=1S/C24H25NO4S/c26-22(27)21-9-12-25(24(21)10-13-30-14-11-24)23(28)29-15-20-18-7-3-1-5-16(18)17-6-2-4-8-19(17)20/h1-8,20-21H,9-15H2,(H,26,27). The zero-order valence-electron chi connectivity index (χ0n) is 16.8. The first kappa shape index (κ1) is 19.5. The molecule has 0 aromatic heterocycles. The quantitative estimate of drug-likeness (QED) is 0.781. The van der Waals surface area contributed by atoms with Gasteiger partial charge in [-0.2, -0.15) is 11.8 Å². The van der Waals surface area contributed by atoms with Crippen molar-refractivity contribution in [3.8, 4) is 11.1 Å². The highest BCUT2D eigenvalue weighted by Gasteiger charge is 2.54. The average Bonchev–Trinajstić information content (AvgIpc) is 3.29. The molecular weight excluding hydrogens is 398 g/mol. The molecule has 0 radical (unpaired) electrons. The Morgan fingerprint density at radius 2 is 1.63 bits per heavy atom. The van der Waals surface area contributed by atoms with Crippen LogP contribution in [0, 0.1) is 5.92 Å². The van der Waals surface area contributed by atoms with E-state index in [1.54, 1.807) is 4.90 Å². The lowest BCUT2D eigenvalue weighted by Gasteiger charge is -2.43. The summed E-state index contributed by atoms with van der Waals surface area (Å²) in [6.45, 7) is 0.726. The van der Waals surface area contributed by atoms with Gasteiger partial charge in [0.25, 0.3) is 0 Å². The maximum Gasteiger partial charge on any atom is 0.410 e. The van der Waals surface area contributed by atoms with Gasteiger partial charge in [-0.1, -0.05) is 48.5 Å². The van der Waals surface area contributed by atoms with E-state index >= 15 is 0 Å². The third-order valence-electron chi connectivity index (χ3n) is 7.04. The van der Waals surface area contributed by atoms with Crippen LogP contribution in [0.4, 0.5) is 4.79 Å². The van der Waals surface area contributed by atoms with Gasteiger partial charge in [-0.05, 0) is 53.0 Å². The number of fused-ring (bicyclic) bond motifs is 3. The summed E-state index contributed by atoms with van der Waals surface area (Å²) >= 11 is 1.83. The molecule has 2 heterocycles. The summed E-state index contributed by atoms with van der Waals surface area (Å²) < 4.78 is 5.87. The van der Waals surface area contributed by atoms with E-state index in [1.165, 1.54) is 22.3 Å². The van der Waals surface area contributed by atoms with Crippen LogP contribution in [0.2, 0.25) is 0 Å². The predicted molar refractivity (Wildman–Crippen MR) is 117 cm³/mol. The van der Waals surface area contributed by atoms with Crippen molar-refractivity contribution in [2.24, 2.45) is 5.92 Å². The number of carboxylic acids is 1. The number of ether oxygens (including phenoxy) is 1. The fourth-order valence-electron chi connectivity index (χ4n) is 5.58. The Balaban J connectivity index is 1.37. The van der Waals surface area contributed by atoms with Gasteiger partial charge in [0.05, 0.1) is 11.5 Å². The van der Waals surface area contributed by atoms with Crippen molar-refractivity contribution >= 4 is 23.8 Å². The maximum atomic E-state index is 13.2. The van der Waals surface area contributed by atoms with Crippen molar-refractivity contribution in [2.75, 3.05) is 24.7 Å². The third kappa shape index (κ3) is 3.00. The number of rotatable bonds is 3. The molecule has 2 aromatic carbocycles. The number of hydrogen-bond acceptors (Lipinski definition) is 4. The molecule has 3 aliphatic rings. The summed E-state index contributed by atoms with van der Waals surface area (Å²) in [6, 6.07) is 16.5. The van der Waals surface area contributed by atoms with Gasteiger partial charge in [0.1, 0.15) is 6.61 Å². The van der Waals surface area contributed by atoms with Gasteiger partial charge in [-0.15, -0.1) is 0 Å². The SMILES string of the molecule is O=C(O)C1CCN(C(=O)OCC2c3ccccc3-c3ccccc32)C12CCSCC2. The van der Waals surface area contributed by atoms with E-state index in [-0.39, 0.29) is 18.6 Å². The summed E-state index contributed by atoms with van der Waals surface area (Å²) in [5.74, 6) is 0.486. The smallest absolute Gasteiger partial charge is 0.410 e. The second-order valence-electron chi connectivity index (χ2n) is 8.35. The zero-order chi connectivity index (χ0) is 20.7. The van der Waals surface area contributed by atoms with Crippen LogP contribution in [-0.4, -0.2) is 52.3 Å². The van der Waals surface area contributed by atoms with E-state index in [9.17, 15) is 14.7 Å². The number of carbonyl (C=O) groups is 2. The molecule has 2 fully saturated rings. The van der Waals surface area contributed by atoms with E-state index in [0.717, 1.165) is 24.3 Å². The number of thioether (sulfide) groups is 1. The molecule has 1 amide bonds. The first-order valence-electron chi connectivity index (χ1n) is 10.5. The summed E-state index contributed by atoms with van der Waals surface area (Å²) in [4.78, 5) is 26.8. The van der Waals surface area contributed by atoms with Crippen LogP contribution in [0.25, 0.3) is 11.1 Å². The minimum atomic E-state index is -0.796. The molecule has 6 heteroatoms. The molecule has 2 saturated heterocycles. The van der Waals surface area contributed by atoms with Gasteiger partial charge in [0, 0.05) is 12.5 Å². The number of carboxylic acid groups (broad SMARTS) is 1. The number of amides is 1. The molecule has 0 bridgehead atoms. The highest BCUT2D eigenvalue weighted by Crippen LogP contribution is 2.47. The van der Waals surface area contributed by atoms with E-state index in [0.29, 0.717) is 13.0 Å². The molecule has 2 aliphatic heterocycles. The van der Waals surface area contributed by atoms with Crippen molar-refractivity contribution in [1.29, 1.82) is 0 Å². The molecule has 156 valence electrons. The monoisotopic (exact) mass is 423 g/mol. The van der Waals surface area contributed by atoms with E-state index in [2.05, 4.69) is 24.3 Å². The van der Waals surface area contributed by atoms with Gasteiger partial charge < -0.3 is 14.7 Å². The number of likely N-dealkylation sites (tertiary alicyclic amines) is 1. The Labute approximate surface area is 180 Å². The topological polar surface area (TPSA) is 66.8 Å². The Hall–Kier alpha value is -2.47. The normalized spacial score (nSPS) is 22.0. The highest BCUT2D eigenvalue weighted by atomic mass is 32.2. The molecule has 2 aromatic rings. The van der Waals surface area contributed by atoms with Crippen molar-refractivity contribution in [3.63, 3.8) is 0 Å². The minimum absolute atomic E-state index is 0.0112. The number of benzene rings is 2. The Bertz CT molecular complexity index is 939. The van der Waals surface area contributed by atoms with Gasteiger partial charge in [-0.3, -0.25) is 4.79 Å². The second kappa shape index (κ2) is 7.65. The van der Waals surface area contributed by atoms with Gasteiger partial charge in [0.2, 0.25) is 0 Å². The number of aliphatic carboxylic acids is 1. The van der Waals surface area contributed by atoms with Crippen LogP contribution in [0.5, 0.6) is 0 Å². The van der Waals surface area contributed by atoms with Crippen LogP contribution in [0.3, 0.4) is 0 Å². The maximum absolute atomic E-state index is 13.2. The molecule has 1 N–H and O–H groups in total. The summed E-state index contributed by atoms with van der Waals surface area (Å²) in [5.41, 5.74) is 4.16. The van der Waals surface area contributed by atoms with E-state index in [4.69, 9.17) is 4.74 Å². The number of hydrogen-bond donors (Lipinski definition) is 1. The zero-order valence-corrected chi connectivity index (χ0v) is 17.6. The third-order valence-corrected chi connectivity index (χ3v) is 8.03. The van der Waals surface area contributed by atoms with Gasteiger partial charge in [0.15, 0.2) is 0 Å². The summed E-state index contributed by atoms with van der Waals surface area (Å²) in [7, 11) is 0. The first-order valence-corrected chi connectivity index (χ1v) is 11.7. The van der Waals surface area contributed by atoms with Crippen molar-refractivity contribution in [2.45, 2.75) is 30.7 Å². The molecule has 0 saturated carbocycles. The first-order chi connectivity index (χ1) is 14.6. The Morgan fingerprint density at radius 1 is 1.03 bits per heavy atom. The molecule has 1 aliphatic carbocycles. The van der Waals surface area contributed by atoms with Crippen LogP contribution in [0.1, 0.15) is 36.3 Å². The lowest BCUT2D eigenvalue weighted by molar-refractivity contribution is -0.144. The molecule has 30 heavy (non-hydrogen) atoms. The number of carbonyl (C=O) groups excluding carboxylic acids is 1. The molecular formula is C24H25NO4S. The van der Waals surface area contributed by atoms with Gasteiger partial charge >= 0.3 is 12.1 Å². The molecule has 5 rings (SSSR count). The molecule has 1 spiro atoms. The molecule has 5 nitrogen and oxygen atoms in total. The minimum Gasteiger partial charge on any atom is -0.481 e. The number of nitrogens with zero attached hydrogens (tertiary/aromatic N) is 1. The van der Waals surface area contributed by atoms with Crippen molar-refractivity contribution in [1.82, 2.24) is 4.90 Å². The lowest BCUT2D eigenvalue weighted by Crippen LogP contribution is -2.54. The Morgan fingerprint density at radius 3 is 2.23 bits per heavy atom. The van der Waals surface area contributed by atoms with Crippen LogP contribution in [0.15, 0.2) is 48.5 Å². The fraction of sp³-hybridized carbons (Fsp3) is 0.417. The highest BCUT2D eigenvalue weighted by molar-refractivity contribution is 7.99. The fourth-order valence-corrected chi connectivity index (χ4v) is 6.78. The van der Waals surface area contributed by atoms with Crippen LogP contribution < -0.4 is 0 Å². The average molecular weight is 424 g/mol. The summed E-state index contributed by atoms with van der Waals surface area (Å²) in [6.07, 6.45) is 1.58. The van der Waals surface area contributed by atoms with Gasteiger partial charge in [-0.25, -0.2) is 4.79 Å². The summed E-state index contributed by atoms with van der Waals surface area (Å²) in [5, 5.41) is 9.77. The predicted octanol–water partition coefficient (Wildman–Crippen LogP) is 4.61. The second-order valence-corrected chi connectivity index (χ2v) is 9.58. The van der Waals surface area contributed by atoms with E-state index < -0.39 is 17.4 Å².